The molecule has 1 aromatic carbocycles. The Labute approximate surface area is 131 Å². The van der Waals surface area contributed by atoms with E-state index in [-0.39, 0.29) is 17.9 Å². The van der Waals surface area contributed by atoms with Gasteiger partial charge in [-0.25, -0.2) is 4.79 Å². The molecule has 2 aliphatic rings. The maximum atomic E-state index is 12.7. The molecule has 1 heterocycles. The third kappa shape index (κ3) is 3.01. The van der Waals surface area contributed by atoms with E-state index in [1.54, 1.807) is 6.07 Å². The number of rotatable bonds is 2. The molecule has 118 valence electrons. The minimum Gasteiger partial charge on any atom is -0.448 e. The van der Waals surface area contributed by atoms with E-state index in [1.807, 2.05) is 30.1 Å². The van der Waals surface area contributed by atoms with Crippen LogP contribution in [0.25, 0.3) is 0 Å². The summed E-state index contributed by atoms with van der Waals surface area (Å²) in [6.45, 7) is 0. The van der Waals surface area contributed by atoms with Crippen molar-refractivity contribution in [1.82, 2.24) is 4.90 Å². The number of hydrogen-bond acceptors (Lipinski definition) is 3. The molecule has 3 rings (SSSR count). The summed E-state index contributed by atoms with van der Waals surface area (Å²) in [4.78, 5) is 26.6. The van der Waals surface area contributed by atoms with Gasteiger partial charge in [-0.1, -0.05) is 43.9 Å². The number of carbonyl (C=O) groups is 2. The van der Waals surface area contributed by atoms with Crippen molar-refractivity contribution in [2.75, 3.05) is 7.05 Å². The summed E-state index contributed by atoms with van der Waals surface area (Å²) in [7, 11) is 1.85. The highest BCUT2D eigenvalue weighted by atomic mass is 16.5. The number of likely N-dealkylation sites (N-methyl/N-ethyl adjacent to an activating group) is 1. The molecule has 0 radical (unpaired) electrons. The lowest BCUT2D eigenvalue weighted by atomic mass is 9.97. The van der Waals surface area contributed by atoms with Crippen LogP contribution >= 0.6 is 0 Å². The predicted octanol–water partition coefficient (Wildman–Crippen LogP) is 2.95. The Balaban J connectivity index is 1.71. The van der Waals surface area contributed by atoms with Gasteiger partial charge in [0, 0.05) is 19.5 Å². The summed E-state index contributed by atoms with van der Waals surface area (Å²) in [6, 6.07) is 7.66. The average molecular weight is 301 g/mol. The van der Waals surface area contributed by atoms with Crippen LogP contribution < -0.4 is 0 Å². The lowest BCUT2D eigenvalue weighted by molar-refractivity contribution is -0.142. The zero-order chi connectivity index (χ0) is 15.5. The molecule has 1 amide bonds. The van der Waals surface area contributed by atoms with Gasteiger partial charge in [-0.15, -0.1) is 0 Å². The summed E-state index contributed by atoms with van der Waals surface area (Å²) in [6.07, 6.45) is 6.78. The first-order valence-corrected chi connectivity index (χ1v) is 8.22. The van der Waals surface area contributed by atoms with E-state index < -0.39 is 6.10 Å². The monoisotopic (exact) mass is 301 g/mol. The fourth-order valence-electron chi connectivity index (χ4n) is 3.52. The predicted molar refractivity (Wildman–Crippen MR) is 83.6 cm³/mol. The first-order chi connectivity index (χ1) is 10.7. The SMILES string of the molecule is CN(C(=O)C1Cc2ccccc2C(=O)O1)C1CCCCCC1. The second-order valence-electron chi connectivity index (χ2n) is 6.35. The molecule has 4 nitrogen and oxygen atoms in total. The highest BCUT2D eigenvalue weighted by Gasteiger charge is 2.34. The Kier molecular flexibility index (Phi) is 4.46. The molecule has 0 saturated heterocycles. The Hall–Kier alpha value is -1.84. The first-order valence-electron chi connectivity index (χ1n) is 8.22. The van der Waals surface area contributed by atoms with Gasteiger partial charge >= 0.3 is 5.97 Å². The van der Waals surface area contributed by atoms with E-state index in [0.717, 1.165) is 18.4 Å². The number of nitrogens with zero attached hydrogens (tertiary/aromatic N) is 1. The normalized spacial score (nSPS) is 22.4. The van der Waals surface area contributed by atoms with Crippen molar-refractivity contribution in [2.45, 2.75) is 57.1 Å². The summed E-state index contributed by atoms with van der Waals surface area (Å²) in [5.41, 5.74) is 1.50. The van der Waals surface area contributed by atoms with Crippen molar-refractivity contribution in [2.24, 2.45) is 0 Å². The molecule has 0 N–H and O–H groups in total. The quantitative estimate of drug-likeness (QED) is 0.623. The van der Waals surface area contributed by atoms with E-state index in [0.29, 0.717) is 12.0 Å². The summed E-state index contributed by atoms with van der Waals surface area (Å²) < 4.78 is 5.39. The molecule has 4 heteroatoms. The number of benzene rings is 1. The molecule has 1 aliphatic carbocycles. The van der Waals surface area contributed by atoms with Gasteiger partial charge in [0.25, 0.3) is 5.91 Å². The van der Waals surface area contributed by atoms with Crippen LogP contribution in [0.3, 0.4) is 0 Å². The number of cyclic esters (lactones) is 1. The molecule has 1 aromatic rings. The molecule has 1 aliphatic heterocycles. The molecule has 0 aromatic heterocycles. The third-order valence-corrected chi connectivity index (χ3v) is 4.89. The van der Waals surface area contributed by atoms with Gasteiger partial charge in [0.15, 0.2) is 6.10 Å². The van der Waals surface area contributed by atoms with Crippen LogP contribution in [0.1, 0.15) is 54.4 Å². The van der Waals surface area contributed by atoms with Crippen molar-refractivity contribution >= 4 is 11.9 Å². The van der Waals surface area contributed by atoms with Crippen molar-refractivity contribution in [1.29, 1.82) is 0 Å². The molecule has 1 saturated carbocycles. The van der Waals surface area contributed by atoms with Crippen LogP contribution in [0.4, 0.5) is 0 Å². The van der Waals surface area contributed by atoms with Gasteiger partial charge in [0.05, 0.1) is 5.56 Å². The number of fused-ring (bicyclic) bond motifs is 1. The summed E-state index contributed by atoms with van der Waals surface area (Å²) >= 11 is 0. The first kappa shape index (κ1) is 15.1. The minimum atomic E-state index is -0.671. The molecule has 22 heavy (non-hydrogen) atoms. The van der Waals surface area contributed by atoms with E-state index in [9.17, 15) is 9.59 Å². The smallest absolute Gasteiger partial charge is 0.339 e. The molecule has 0 bridgehead atoms. The minimum absolute atomic E-state index is 0.0604. The summed E-state index contributed by atoms with van der Waals surface area (Å²) in [5.74, 6) is -0.441. The molecule has 0 spiro atoms. The number of esters is 1. The van der Waals surface area contributed by atoms with Gasteiger partial charge in [-0.2, -0.15) is 0 Å². The molecule has 1 atom stereocenters. The van der Waals surface area contributed by atoms with Crippen LogP contribution in [0, 0.1) is 0 Å². The Bertz CT molecular complexity index is 561. The summed E-state index contributed by atoms with van der Waals surface area (Å²) in [5, 5.41) is 0. The Morgan fingerprint density at radius 1 is 1.14 bits per heavy atom. The van der Waals surface area contributed by atoms with Crippen LogP contribution in [0.5, 0.6) is 0 Å². The van der Waals surface area contributed by atoms with E-state index in [4.69, 9.17) is 4.74 Å². The molecular formula is C18H23NO3. The second-order valence-corrected chi connectivity index (χ2v) is 6.35. The standard InChI is InChI=1S/C18H23NO3/c1-19(14-9-4-2-3-5-10-14)17(20)16-12-13-8-6-7-11-15(13)18(21)22-16/h6-8,11,14,16H,2-5,9-10,12H2,1H3. The maximum Gasteiger partial charge on any atom is 0.339 e. The van der Waals surface area contributed by atoms with E-state index in [1.165, 1.54) is 25.7 Å². The largest absolute Gasteiger partial charge is 0.448 e. The topological polar surface area (TPSA) is 46.6 Å². The number of ether oxygens (including phenoxy) is 1. The zero-order valence-electron chi connectivity index (χ0n) is 13.1. The molecule has 1 fully saturated rings. The second kappa shape index (κ2) is 6.51. The van der Waals surface area contributed by atoms with Crippen molar-refractivity contribution in [3.63, 3.8) is 0 Å². The Morgan fingerprint density at radius 3 is 2.55 bits per heavy atom. The van der Waals surface area contributed by atoms with Crippen molar-refractivity contribution in [3.8, 4) is 0 Å². The van der Waals surface area contributed by atoms with Gasteiger partial charge in [-0.3, -0.25) is 4.79 Å². The highest BCUT2D eigenvalue weighted by molar-refractivity contribution is 5.95. The van der Waals surface area contributed by atoms with Crippen LogP contribution in [0.2, 0.25) is 0 Å². The van der Waals surface area contributed by atoms with Crippen LogP contribution in [-0.2, 0) is 16.0 Å². The highest BCUT2D eigenvalue weighted by Crippen LogP contribution is 2.25. The van der Waals surface area contributed by atoms with E-state index >= 15 is 0 Å². The van der Waals surface area contributed by atoms with Gasteiger partial charge < -0.3 is 9.64 Å². The van der Waals surface area contributed by atoms with Gasteiger partial charge in [-0.05, 0) is 24.5 Å². The van der Waals surface area contributed by atoms with Gasteiger partial charge in [0.1, 0.15) is 0 Å². The lowest BCUT2D eigenvalue weighted by Crippen LogP contribution is -2.46. The Morgan fingerprint density at radius 2 is 1.82 bits per heavy atom. The average Bonchev–Trinajstić information content (AvgIpc) is 2.82. The zero-order valence-corrected chi connectivity index (χ0v) is 13.1. The fraction of sp³-hybridized carbons (Fsp3) is 0.556. The number of hydrogen-bond donors (Lipinski definition) is 0. The van der Waals surface area contributed by atoms with Gasteiger partial charge in [0.2, 0.25) is 0 Å². The maximum absolute atomic E-state index is 12.7. The number of carbonyl (C=O) groups excluding carboxylic acids is 2. The molecule has 1 unspecified atom stereocenters. The molecular weight excluding hydrogens is 278 g/mol. The van der Waals surface area contributed by atoms with Crippen LogP contribution in [-0.4, -0.2) is 36.0 Å². The number of amides is 1. The third-order valence-electron chi connectivity index (χ3n) is 4.89. The van der Waals surface area contributed by atoms with E-state index in [2.05, 4.69) is 0 Å². The van der Waals surface area contributed by atoms with Crippen molar-refractivity contribution < 1.29 is 14.3 Å². The van der Waals surface area contributed by atoms with Crippen molar-refractivity contribution in [3.05, 3.63) is 35.4 Å². The fourth-order valence-corrected chi connectivity index (χ4v) is 3.52. The lowest BCUT2D eigenvalue weighted by Gasteiger charge is -2.32. The van der Waals surface area contributed by atoms with Crippen LogP contribution in [0.15, 0.2) is 24.3 Å².